The largest absolute Gasteiger partial charge is 0.486 e. The van der Waals surface area contributed by atoms with Crippen LogP contribution >= 0.6 is 0 Å². The minimum absolute atomic E-state index is 0.160. The molecule has 1 unspecified atom stereocenters. The van der Waals surface area contributed by atoms with Crippen molar-refractivity contribution in [3.8, 4) is 11.5 Å². The monoisotopic (exact) mass is 366 g/mol. The van der Waals surface area contributed by atoms with Gasteiger partial charge in [0, 0.05) is 25.1 Å². The molecule has 27 heavy (non-hydrogen) atoms. The first-order valence-electron chi connectivity index (χ1n) is 9.22. The molecule has 1 saturated heterocycles. The van der Waals surface area contributed by atoms with E-state index in [1.807, 2.05) is 47.4 Å². The fourth-order valence-corrected chi connectivity index (χ4v) is 3.37. The number of rotatable bonds is 5. The molecule has 0 aliphatic carbocycles. The molecular formula is C21H22N2O4. The van der Waals surface area contributed by atoms with Crippen LogP contribution in [0.1, 0.15) is 28.8 Å². The standard InChI is InChI=1S/C21H22N2O4/c24-20-9-4-10-23(20)13-15-5-3-6-16(11-15)21(25)22-12-17-14-26-18-7-1-2-8-19(18)27-17/h1-3,5-8,11,17H,4,9-10,12-14H2,(H,22,25). The van der Waals surface area contributed by atoms with E-state index >= 15 is 0 Å². The first kappa shape index (κ1) is 17.4. The zero-order chi connectivity index (χ0) is 18.6. The summed E-state index contributed by atoms with van der Waals surface area (Å²) >= 11 is 0. The van der Waals surface area contributed by atoms with E-state index in [2.05, 4.69) is 5.32 Å². The average Bonchev–Trinajstić information content (AvgIpc) is 3.10. The van der Waals surface area contributed by atoms with Crippen LogP contribution in [0.3, 0.4) is 0 Å². The summed E-state index contributed by atoms with van der Waals surface area (Å²) in [4.78, 5) is 26.1. The van der Waals surface area contributed by atoms with Gasteiger partial charge in [0.05, 0.1) is 6.54 Å². The molecule has 6 heteroatoms. The third-order valence-electron chi connectivity index (χ3n) is 4.79. The Morgan fingerprint density at radius 3 is 2.81 bits per heavy atom. The van der Waals surface area contributed by atoms with Gasteiger partial charge in [0.15, 0.2) is 11.5 Å². The third-order valence-corrected chi connectivity index (χ3v) is 4.79. The molecule has 140 valence electrons. The molecule has 1 fully saturated rings. The highest BCUT2D eigenvalue weighted by molar-refractivity contribution is 5.94. The first-order chi connectivity index (χ1) is 13.2. The topological polar surface area (TPSA) is 67.9 Å². The minimum atomic E-state index is -0.228. The van der Waals surface area contributed by atoms with E-state index < -0.39 is 0 Å². The Morgan fingerprint density at radius 1 is 1.15 bits per heavy atom. The number of nitrogens with one attached hydrogen (secondary N) is 1. The zero-order valence-corrected chi connectivity index (χ0v) is 15.0. The van der Waals surface area contributed by atoms with Gasteiger partial charge < -0.3 is 19.7 Å². The lowest BCUT2D eigenvalue weighted by atomic mass is 10.1. The molecule has 4 rings (SSSR count). The van der Waals surface area contributed by atoms with Crippen LogP contribution in [0.4, 0.5) is 0 Å². The van der Waals surface area contributed by atoms with Crippen LogP contribution in [0.25, 0.3) is 0 Å². The van der Waals surface area contributed by atoms with Crippen LogP contribution < -0.4 is 14.8 Å². The molecule has 2 aromatic rings. The fourth-order valence-electron chi connectivity index (χ4n) is 3.37. The number of carbonyl (C=O) groups excluding carboxylic acids is 2. The van der Waals surface area contributed by atoms with E-state index in [-0.39, 0.29) is 17.9 Å². The van der Waals surface area contributed by atoms with Gasteiger partial charge in [0.1, 0.15) is 12.7 Å². The Labute approximate surface area is 158 Å². The molecule has 6 nitrogen and oxygen atoms in total. The molecule has 0 radical (unpaired) electrons. The molecule has 0 saturated carbocycles. The summed E-state index contributed by atoms with van der Waals surface area (Å²) in [5.41, 5.74) is 1.54. The molecule has 2 heterocycles. The lowest BCUT2D eigenvalue weighted by molar-refractivity contribution is -0.128. The van der Waals surface area contributed by atoms with Crippen molar-refractivity contribution in [2.24, 2.45) is 0 Å². The molecule has 1 atom stereocenters. The molecule has 2 aliphatic rings. The van der Waals surface area contributed by atoms with Gasteiger partial charge in [-0.3, -0.25) is 9.59 Å². The lowest BCUT2D eigenvalue weighted by Crippen LogP contribution is -2.40. The summed E-state index contributed by atoms with van der Waals surface area (Å²) in [6, 6.07) is 14.9. The van der Waals surface area contributed by atoms with Crippen molar-refractivity contribution >= 4 is 11.8 Å². The van der Waals surface area contributed by atoms with Crippen LogP contribution in [-0.4, -0.2) is 42.5 Å². The van der Waals surface area contributed by atoms with E-state index in [1.54, 1.807) is 6.07 Å². The van der Waals surface area contributed by atoms with E-state index in [0.717, 1.165) is 24.3 Å². The van der Waals surface area contributed by atoms with E-state index in [4.69, 9.17) is 9.47 Å². The summed E-state index contributed by atoms with van der Waals surface area (Å²) in [6.07, 6.45) is 1.30. The molecular weight excluding hydrogens is 344 g/mol. The van der Waals surface area contributed by atoms with Crippen molar-refractivity contribution in [1.29, 1.82) is 0 Å². The van der Waals surface area contributed by atoms with Gasteiger partial charge in [-0.15, -0.1) is 0 Å². The Bertz CT molecular complexity index is 852. The Hall–Kier alpha value is -3.02. The number of hydrogen-bond donors (Lipinski definition) is 1. The third kappa shape index (κ3) is 4.05. The highest BCUT2D eigenvalue weighted by Gasteiger charge is 2.22. The number of nitrogens with zero attached hydrogens (tertiary/aromatic N) is 1. The second kappa shape index (κ2) is 7.70. The van der Waals surface area contributed by atoms with Gasteiger partial charge in [-0.2, -0.15) is 0 Å². The number of carbonyl (C=O) groups is 2. The highest BCUT2D eigenvalue weighted by atomic mass is 16.6. The number of likely N-dealkylation sites (tertiary alicyclic amines) is 1. The van der Waals surface area contributed by atoms with E-state index in [0.29, 0.717) is 37.4 Å². The second-order valence-electron chi connectivity index (χ2n) is 6.83. The maximum absolute atomic E-state index is 12.5. The summed E-state index contributed by atoms with van der Waals surface area (Å²) in [5.74, 6) is 1.44. The summed E-state index contributed by atoms with van der Waals surface area (Å²) in [6.45, 7) is 2.10. The van der Waals surface area contributed by atoms with Gasteiger partial charge in [0.2, 0.25) is 5.91 Å². The van der Waals surface area contributed by atoms with Crippen molar-refractivity contribution in [2.45, 2.75) is 25.5 Å². The smallest absolute Gasteiger partial charge is 0.251 e. The Balaban J connectivity index is 1.33. The Morgan fingerprint density at radius 2 is 2.00 bits per heavy atom. The molecule has 0 bridgehead atoms. The van der Waals surface area contributed by atoms with Gasteiger partial charge in [0.25, 0.3) is 5.91 Å². The number of fused-ring (bicyclic) bond motifs is 1. The number of ether oxygens (including phenoxy) is 2. The van der Waals surface area contributed by atoms with Crippen LogP contribution in [0, 0.1) is 0 Å². The normalized spacial score (nSPS) is 18.4. The van der Waals surface area contributed by atoms with Crippen LogP contribution in [-0.2, 0) is 11.3 Å². The molecule has 0 spiro atoms. The minimum Gasteiger partial charge on any atom is -0.486 e. The lowest BCUT2D eigenvalue weighted by Gasteiger charge is -2.26. The maximum atomic E-state index is 12.5. The quantitative estimate of drug-likeness (QED) is 0.882. The highest BCUT2D eigenvalue weighted by Crippen LogP contribution is 2.30. The summed E-state index contributed by atoms with van der Waals surface area (Å²) in [7, 11) is 0. The van der Waals surface area contributed by atoms with Crippen molar-refractivity contribution in [1.82, 2.24) is 10.2 Å². The Kier molecular flexibility index (Phi) is 4.96. The van der Waals surface area contributed by atoms with Gasteiger partial charge >= 0.3 is 0 Å². The number of amides is 2. The number of hydrogen-bond acceptors (Lipinski definition) is 4. The average molecular weight is 366 g/mol. The molecule has 0 aromatic heterocycles. The number of para-hydroxylation sites is 2. The zero-order valence-electron chi connectivity index (χ0n) is 15.0. The van der Waals surface area contributed by atoms with Gasteiger partial charge in [-0.05, 0) is 36.2 Å². The van der Waals surface area contributed by atoms with Crippen LogP contribution in [0.5, 0.6) is 11.5 Å². The maximum Gasteiger partial charge on any atom is 0.251 e. The predicted octanol–water partition coefficient (Wildman–Crippen LogP) is 2.38. The van der Waals surface area contributed by atoms with Crippen molar-refractivity contribution < 1.29 is 19.1 Å². The van der Waals surface area contributed by atoms with Crippen LogP contribution in [0.2, 0.25) is 0 Å². The molecule has 2 amide bonds. The van der Waals surface area contributed by atoms with E-state index in [1.165, 1.54) is 0 Å². The number of benzene rings is 2. The van der Waals surface area contributed by atoms with Gasteiger partial charge in [-0.25, -0.2) is 0 Å². The van der Waals surface area contributed by atoms with Crippen molar-refractivity contribution in [3.63, 3.8) is 0 Å². The van der Waals surface area contributed by atoms with E-state index in [9.17, 15) is 9.59 Å². The van der Waals surface area contributed by atoms with Gasteiger partial charge in [-0.1, -0.05) is 24.3 Å². The second-order valence-corrected chi connectivity index (χ2v) is 6.83. The van der Waals surface area contributed by atoms with Crippen LogP contribution in [0.15, 0.2) is 48.5 Å². The molecule has 1 N–H and O–H groups in total. The SMILES string of the molecule is O=C(NCC1COc2ccccc2O1)c1cccc(CN2CCCC2=O)c1. The predicted molar refractivity (Wildman–Crippen MR) is 99.8 cm³/mol. The first-order valence-corrected chi connectivity index (χ1v) is 9.22. The molecule has 2 aliphatic heterocycles. The molecule has 2 aromatic carbocycles. The summed E-state index contributed by atoms with van der Waals surface area (Å²) in [5, 5.41) is 2.90. The van der Waals surface area contributed by atoms with Crippen molar-refractivity contribution in [2.75, 3.05) is 19.7 Å². The summed E-state index contributed by atoms with van der Waals surface area (Å²) < 4.78 is 11.5. The van der Waals surface area contributed by atoms with Crippen molar-refractivity contribution in [3.05, 3.63) is 59.7 Å². The fraction of sp³-hybridized carbons (Fsp3) is 0.333.